The number of nitrogens with zero attached hydrogens (tertiary/aromatic N) is 1. The van der Waals surface area contributed by atoms with Gasteiger partial charge in [0, 0.05) is 12.1 Å². The second-order valence-corrected chi connectivity index (χ2v) is 5.13. The van der Waals surface area contributed by atoms with Gasteiger partial charge in [0.2, 0.25) is 0 Å². The van der Waals surface area contributed by atoms with Gasteiger partial charge in [0.1, 0.15) is 0 Å². The molecule has 2 aliphatic rings. The molecule has 1 N–H and O–H groups in total. The van der Waals surface area contributed by atoms with Gasteiger partial charge < -0.3 is 4.55 Å². The molecule has 0 radical (unpaired) electrons. The molecule has 2 bridgehead atoms. The maximum atomic E-state index is 10.4. The summed E-state index contributed by atoms with van der Waals surface area (Å²) >= 11 is -1.59. The van der Waals surface area contributed by atoms with Crippen LogP contribution in [0.1, 0.15) is 32.1 Å². The van der Waals surface area contributed by atoms with Crippen molar-refractivity contribution in [2.45, 2.75) is 44.2 Å². The number of rotatable bonds is 4. The zero-order valence-electron chi connectivity index (χ0n) is 7.82. The van der Waals surface area contributed by atoms with Crippen molar-refractivity contribution in [3.63, 3.8) is 0 Å². The molecular formula is C9H17NO2S. The molecule has 76 valence electrons. The maximum absolute atomic E-state index is 10.4. The Bertz CT molecular complexity index is 190. The molecule has 1 atom stereocenters. The Kier molecular flexibility index (Phi) is 3.01. The van der Waals surface area contributed by atoms with Crippen LogP contribution >= 0.6 is 0 Å². The van der Waals surface area contributed by atoms with E-state index in [1.165, 1.54) is 25.7 Å². The highest BCUT2D eigenvalue weighted by atomic mass is 32.2. The molecule has 2 rings (SSSR count). The van der Waals surface area contributed by atoms with Crippen LogP contribution in [0.25, 0.3) is 0 Å². The average molecular weight is 203 g/mol. The lowest BCUT2D eigenvalue weighted by Gasteiger charge is -2.20. The molecule has 0 spiro atoms. The summed E-state index contributed by atoms with van der Waals surface area (Å²) in [6, 6.07) is 1.61. The molecule has 0 saturated carbocycles. The Balaban J connectivity index is 1.73. The average Bonchev–Trinajstić information content (AvgIpc) is 2.64. The third-order valence-electron chi connectivity index (χ3n) is 3.34. The molecule has 1 unspecified atom stereocenters. The van der Waals surface area contributed by atoms with Crippen molar-refractivity contribution < 1.29 is 8.76 Å². The van der Waals surface area contributed by atoms with Crippen LogP contribution < -0.4 is 0 Å². The molecule has 2 heterocycles. The molecule has 0 aromatic carbocycles. The van der Waals surface area contributed by atoms with E-state index in [0.717, 1.165) is 25.0 Å². The smallest absolute Gasteiger partial charge is 0.152 e. The van der Waals surface area contributed by atoms with Crippen molar-refractivity contribution in [3.8, 4) is 0 Å². The zero-order valence-corrected chi connectivity index (χ0v) is 8.63. The summed E-state index contributed by atoms with van der Waals surface area (Å²) in [5.41, 5.74) is 0. The molecule has 2 saturated heterocycles. The first-order valence-corrected chi connectivity index (χ1v) is 6.38. The topological polar surface area (TPSA) is 40.5 Å². The summed E-state index contributed by atoms with van der Waals surface area (Å²) in [5.74, 6) is 0.440. The summed E-state index contributed by atoms with van der Waals surface area (Å²) in [6.07, 6.45) is 6.29. The molecule has 0 aromatic rings. The Hall–Kier alpha value is 0.0700. The van der Waals surface area contributed by atoms with Crippen LogP contribution in [0.15, 0.2) is 0 Å². The third-order valence-corrected chi connectivity index (χ3v) is 3.98. The first-order valence-electron chi connectivity index (χ1n) is 5.10. The molecule has 2 fully saturated rings. The molecular weight excluding hydrogens is 186 g/mol. The van der Waals surface area contributed by atoms with E-state index < -0.39 is 11.1 Å². The first-order chi connectivity index (χ1) is 6.27. The van der Waals surface area contributed by atoms with Gasteiger partial charge in [-0.3, -0.25) is 4.90 Å². The van der Waals surface area contributed by atoms with Crippen molar-refractivity contribution in [2.24, 2.45) is 0 Å². The predicted molar refractivity (Wildman–Crippen MR) is 53.0 cm³/mol. The molecule has 2 aliphatic heterocycles. The van der Waals surface area contributed by atoms with Crippen molar-refractivity contribution in [1.29, 1.82) is 0 Å². The SMILES string of the molecule is O=S(O)CCCN1C2CCC1CC2. The second-order valence-electron chi connectivity index (χ2n) is 4.08. The van der Waals surface area contributed by atoms with Crippen LogP contribution in [0.2, 0.25) is 0 Å². The lowest BCUT2D eigenvalue weighted by molar-refractivity contribution is 0.253. The van der Waals surface area contributed by atoms with E-state index in [9.17, 15) is 4.21 Å². The van der Waals surface area contributed by atoms with E-state index in [1.54, 1.807) is 0 Å². The minimum Gasteiger partial charge on any atom is -0.306 e. The van der Waals surface area contributed by atoms with E-state index in [-0.39, 0.29) is 0 Å². The van der Waals surface area contributed by atoms with E-state index in [1.807, 2.05) is 0 Å². The van der Waals surface area contributed by atoms with Crippen LogP contribution in [0.5, 0.6) is 0 Å². The first kappa shape index (κ1) is 9.62. The maximum Gasteiger partial charge on any atom is 0.152 e. The fourth-order valence-electron chi connectivity index (χ4n) is 2.76. The molecule has 3 nitrogen and oxygen atoms in total. The molecule has 13 heavy (non-hydrogen) atoms. The minimum absolute atomic E-state index is 0.440. The van der Waals surface area contributed by atoms with Gasteiger partial charge in [0.15, 0.2) is 11.1 Å². The Morgan fingerprint density at radius 1 is 1.23 bits per heavy atom. The van der Waals surface area contributed by atoms with E-state index in [4.69, 9.17) is 4.55 Å². The van der Waals surface area contributed by atoms with E-state index in [2.05, 4.69) is 4.90 Å². The predicted octanol–water partition coefficient (Wildman–Crippen LogP) is 1.23. The number of hydrogen-bond donors (Lipinski definition) is 1. The highest BCUT2D eigenvalue weighted by molar-refractivity contribution is 7.79. The fraction of sp³-hybridized carbons (Fsp3) is 1.00. The van der Waals surface area contributed by atoms with Crippen molar-refractivity contribution >= 4 is 11.1 Å². The van der Waals surface area contributed by atoms with Gasteiger partial charge in [-0.15, -0.1) is 0 Å². The van der Waals surface area contributed by atoms with Crippen LogP contribution in [0, 0.1) is 0 Å². The Morgan fingerprint density at radius 3 is 2.23 bits per heavy atom. The zero-order chi connectivity index (χ0) is 9.26. The van der Waals surface area contributed by atoms with Gasteiger partial charge >= 0.3 is 0 Å². The summed E-state index contributed by atoms with van der Waals surface area (Å²) in [6.45, 7) is 1.03. The number of hydrogen-bond acceptors (Lipinski definition) is 2. The van der Waals surface area contributed by atoms with E-state index in [0.29, 0.717) is 5.75 Å². The standard InChI is InChI=1S/C9H17NO2S/c11-13(12)7-1-6-10-8-2-3-9(10)5-4-8/h8-9H,1-7H2,(H,11,12). The van der Waals surface area contributed by atoms with Crippen LogP contribution in [0.4, 0.5) is 0 Å². The van der Waals surface area contributed by atoms with Gasteiger partial charge in [0.05, 0.1) is 5.75 Å². The monoisotopic (exact) mass is 203 g/mol. The summed E-state index contributed by atoms with van der Waals surface area (Å²) < 4.78 is 19.1. The summed E-state index contributed by atoms with van der Waals surface area (Å²) in [4.78, 5) is 2.55. The lowest BCUT2D eigenvalue weighted by atomic mass is 10.0. The molecule has 0 aliphatic carbocycles. The lowest BCUT2D eigenvalue weighted by Crippen LogP contribution is -2.30. The highest BCUT2D eigenvalue weighted by Crippen LogP contribution is 2.37. The van der Waals surface area contributed by atoms with Crippen molar-refractivity contribution in [1.82, 2.24) is 4.90 Å². The van der Waals surface area contributed by atoms with Gasteiger partial charge in [-0.2, -0.15) is 0 Å². The van der Waals surface area contributed by atoms with Gasteiger partial charge in [-0.25, -0.2) is 4.21 Å². The minimum atomic E-state index is -1.59. The van der Waals surface area contributed by atoms with Gasteiger partial charge in [-0.1, -0.05) is 0 Å². The van der Waals surface area contributed by atoms with Crippen molar-refractivity contribution in [2.75, 3.05) is 12.3 Å². The fourth-order valence-corrected chi connectivity index (χ4v) is 3.13. The largest absolute Gasteiger partial charge is 0.306 e. The summed E-state index contributed by atoms with van der Waals surface area (Å²) in [7, 11) is 0. The van der Waals surface area contributed by atoms with Gasteiger partial charge in [0.25, 0.3) is 0 Å². The van der Waals surface area contributed by atoms with Gasteiger partial charge in [-0.05, 0) is 38.6 Å². The van der Waals surface area contributed by atoms with Crippen molar-refractivity contribution in [3.05, 3.63) is 0 Å². The second kappa shape index (κ2) is 4.07. The number of fused-ring (bicyclic) bond motifs is 2. The molecule has 4 heteroatoms. The Labute approximate surface area is 81.8 Å². The molecule has 0 amide bonds. The van der Waals surface area contributed by atoms with Crippen LogP contribution in [0.3, 0.4) is 0 Å². The third kappa shape index (κ3) is 2.11. The Morgan fingerprint density at radius 2 is 1.77 bits per heavy atom. The highest BCUT2D eigenvalue weighted by Gasteiger charge is 2.38. The van der Waals surface area contributed by atoms with Crippen LogP contribution in [-0.4, -0.2) is 38.0 Å². The quantitative estimate of drug-likeness (QED) is 0.699. The van der Waals surface area contributed by atoms with Crippen LogP contribution in [-0.2, 0) is 11.1 Å². The van der Waals surface area contributed by atoms with E-state index >= 15 is 0 Å². The normalized spacial score (nSPS) is 35.5. The molecule has 0 aromatic heterocycles. The summed E-state index contributed by atoms with van der Waals surface area (Å²) in [5, 5.41) is 0.